The molecule has 0 spiro atoms. The van der Waals surface area contributed by atoms with E-state index in [0.717, 1.165) is 18.4 Å². The van der Waals surface area contributed by atoms with Gasteiger partial charge in [-0.25, -0.2) is 9.37 Å². The summed E-state index contributed by atoms with van der Waals surface area (Å²) in [6.45, 7) is 6.38. The highest BCUT2D eigenvalue weighted by Gasteiger charge is 2.11. The highest BCUT2D eigenvalue weighted by molar-refractivity contribution is 5.76. The number of halogens is 1. The number of nitrogens with one attached hydrogen (secondary N) is 1. The molecule has 0 radical (unpaired) electrons. The summed E-state index contributed by atoms with van der Waals surface area (Å²) < 4.78 is 18.6. The second kappa shape index (κ2) is 8.62. The van der Waals surface area contributed by atoms with E-state index in [0.29, 0.717) is 30.4 Å². The van der Waals surface area contributed by atoms with E-state index >= 15 is 0 Å². The van der Waals surface area contributed by atoms with Crippen LogP contribution in [0.3, 0.4) is 0 Å². The van der Waals surface area contributed by atoms with Crippen molar-refractivity contribution in [2.75, 3.05) is 0 Å². The topological polar surface area (TPSA) is 55.1 Å². The van der Waals surface area contributed by atoms with Gasteiger partial charge in [-0.3, -0.25) is 4.79 Å². The molecule has 1 aromatic heterocycles. The van der Waals surface area contributed by atoms with Crippen molar-refractivity contribution < 1.29 is 13.6 Å². The van der Waals surface area contributed by atoms with Gasteiger partial charge in [0.2, 0.25) is 5.91 Å². The number of carbonyl (C=O) groups is 1. The van der Waals surface area contributed by atoms with Crippen molar-refractivity contribution in [1.29, 1.82) is 0 Å². The molecular formula is C19H25FN2O2. The molecule has 4 nitrogen and oxygen atoms in total. The number of aromatic nitrogens is 1. The van der Waals surface area contributed by atoms with Crippen molar-refractivity contribution in [3.8, 4) is 11.3 Å². The third-order valence-corrected chi connectivity index (χ3v) is 3.83. The second-order valence-electron chi connectivity index (χ2n) is 6.56. The molecule has 1 heterocycles. The lowest BCUT2D eigenvalue weighted by Crippen LogP contribution is -2.32. The number of oxazole rings is 1. The third-order valence-electron chi connectivity index (χ3n) is 3.83. The standard InChI is InChI=1S/C19H25FN2O2/c1-13(2)4-5-14(3)22-18(23)10-11-19-21-12-17(24-19)15-6-8-16(20)9-7-15/h6-9,12-14H,4-5,10-11H2,1-3H3,(H,22,23). The van der Waals surface area contributed by atoms with Crippen molar-refractivity contribution in [3.05, 3.63) is 42.2 Å². The zero-order chi connectivity index (χ0) is 17.5. The van der Waals surface area contributed by atoms with Gasteiger partial charge in [-0.1, -0.05) is 13.8 Å². The monoisotopic (exact) mass is 332 g/mol. The number of nitrogens with zero attached hydrogens (tertiary/aromatic N) is 1. The fraction of sp³-hybridized carbons (Fsp3) is 0.474. The zero-order valence-electron chi connectivity index (χ0n) is 14.5. The van der Waals surface area contributed by atoms with Gasteiger partial charge in [-0.05, 0) is 49.9 Å². The van der Waals surface area contributed by atoms with E-state index in [2.05, 4.69) is 24.1 Å². The number of benzene rings is 1. The molecule has 1 aromatic carbocycles. The molecule has 24 heavy (non-hydrogen) atoms. The third kappa shape index (κ3) is 5.80. The van der Waals surface area contributed by atoms with Crippen LogP contribution < -0.4 is 5.32 Å². The molecule has 130 valence electrons. The first-order chi connectivity index (χ1) is 11.4. The molecule has 0 aliphatic heterocycles. The number of hydrogen-bond donors (Lipinski definition) is 1. The lowest BCUT2D eigenvalue weighted by Gasteiger charge is -2.14. The molecule has 2 rings (SSSR count). The normalized spacial score (nSPS) is 12.4. The second-order valence-corrected chi connectivity index (χ2v) is 6.56. The van der Waals surface area contributed by atoms with E-state index in [4.69, 9.17) is 4.42 Å². The number of aryl methyl sites for hydroxylation is 1. The predicted octanol–water partition coefficient (Wildman–Crippen LogP) is 4.35. The van der Waals surface area contributed by atoms with E-state index in [1.807, 2.05) is 6.92 Å². The van der Waals surface area contributed by atoms with Crippen LogP contribution in [0.1, 0.15) is 45.9 Å². The van der Waals surface area contributed by atoms with Gasteiger partial charge in [0.05, 0.1) is 6.20 Å². The van der Waals surface area contributed by atoms with E-state index in [-0.39, 0.29) is 17.8 Å². The minimum absolute atomic E-state index is 0.00721. The zero-order valence-corrected chi connectivity index (χ0v) is 14.5. The molecule has 1 amide bonds. The summed E-state index contributed by atoms with van der Waals surface area (Å²) in [6, 6.07) is 6.22. The average molecular weight is 332 g/mol. The molecular weight excluding hydrogens is 307 g/mol. The van der Waals surface area contributed by atoms with Gasteiger partial charge in [-0.15, -0.1) is 0 Å². The lowest BCUT2D eigenvalue weighted by atomic mass is 10.0. The minimum atomic E-state index is -0.290. The van der Waals surface area contributed by atoms with Crippen molar-refractivity contribution in [2.24, 2.45) is 5.92 Å². The molecule has 2 aromatic rings. The molecule has 1 N–H and O–H groups in total. The van der Waals surface area contributed by atoms with Gasteiger partial charge in [-0.2, -0.15) is 0 Å². The fourth-order valence-corrected chi connectivity index (χ4v) is 2.40. The molecule has 0 saturated carbocycles. The highest BCUT2D eigenvalue weighted by Crippen LogP contribution is 2.21. The van der Waals surface area contributed by atoms with Gasteiger partial charge in [0.1, 0.15) is 5.82 Å². The maximum Gasteiger partial charge on any atom is 0.220 e. The van der Waals surface area contributed by atoms with Crippen LogP contribution in [0.4, 0.5) is 4.39 Å². The number of rotatable bonds is 8. The molecule has 0 aliphatic carbocycles. The Hall–Kier alpha value is -2.17. The van der Waals surface area contributed by atoms with Crippen molar-refractivity contribution in [3.63, 3.8) is 0 Å². The lowest BCUT2D eigenvalue weighted by molar-refractivity contribution is -0.121. The largest absolute Gasteiger partial charge is 0.441 e. The van der Waals surface area contributed by atoms with Gasteiger partial charge >= 0.3 is 0 Å². The SMILES string of the molecule is CC(C)CCC(C)NC(=O)CCc1ncc(-c2ccc(F)cc2)o1. The van der Waals surface area contributed by atoms with Crippen LogP contribution in [0.25, 0.3) is 11.3 Å². The Morgan fingerprint density at radius 1 is 1.21 bits per heavy atom. The van der Waals surface area contributed by atoms with Crippen molar-refractivity contribution in [1.82, 2.24) is 10.3 Å². The Morgan fingerprint density at radius 3 is 2.58 bits per heavy atom. The Kier molecular flexibility index (Phi) is 6.53. The Balaban J connectivity index is 1.80. The van der Waals surface area contributed by atoms with E-state index in [1.165, 1.54) is 12.1 Å². The summed E-state index contributed by atoms with van der Waals surface area (Å²) in [5.74, 6) is 1.45. The van der Waals surface area contributed by atoms with Crippen LogP contribution in [-0.2, 0) is 11.2 Å². The minimum Gasteiger partial charge on any atom is -0.441 e. The first-order valence-electron chi connectivity index (χ1n) is 8.44. The Labute approximate surface area is 142 Å². The van der Waals surface area contributed by atoms with E-state index in [9.17, 15) is 9.18 Å². The first-order valence-corrected chi connectivity index (χ1v) is 8.44. The Morgan fingerprint density at radius 2 is 1.92 bits per heavy atom. The molecule has 0 bridgehead atoms. The molecule has 0 aliphatic rings. The van der Waals surface area contributed by atoms with Crippen LogP contribution in [0, 0.1) is 11.7 Å². The summed E-state index contributed by atoms with van der Waals surface area (Å²) >= 11 is 0. The highest BCUT2D eigenvalue weighted by atomic mass is 19.1. The molecule has 0 saturated heterocycles. The van der Waals surface area contributed by atoms with Crippen molar-refractivity contribution >= 4 is 5.91 Å². The van der Waals surface area contributed by atoms with Gasteiger partial charge in [0.25, 0.3) is 0 Å². The van der Waals surface area contributed by atoms with E-state index in [1.54, 1.807) is 18.3 Å². The van der Waals surface area contributed by atoms with Crippen LogP contribution in [-0.4, -0.2) is 16.9 Å². The molecule has 5 heteroatoms. The summed E-state index contributed by atoms with van der Waals surface area (Å²) in [5, 5.41) is 3.00. The van der Waals surface area contributed by atoms with Gasteiger partial charge < -0.3 is 9.73 Å². The fourth-order valence-electron chi connectivity index (χ4n) is 2.40. The summed E-state index contributed by atoms with van der Waals surface area (Å²) in [7, 11) is 0. The van der Waals surface area contributed by atoms with Gasteiger partial charge in [0.15, 0.2) is 11.7 Å². The molecule has 1 atom stereocenters. The maximum absolute atomic E-state index is 12.9. The summed E-state index contributed by atoms with van der Waals surface area (Å²) in [6.07, 6.45) is 4.48. The van der Waals surface area contributed by atoms with Crippen LogP contribution in [0.2, 0.25) is 0 Å². The van der Waals surface area contributed by atoms with E-state index < -0.39 is 0 Å². The molecule has 0 fully saturated rings. The number of amides is 1. The van der Waals surface area contributed by atoms with Gasteiger partial charge in [0, 0.05) is 24.4 Å². The van der Waals surface area contributed by atoms with Crippen LogP contribution in [0.5, 0.6) is 0 Å². The number of hydrogen-bond acceptors (Lipinski definition) is 3. The maximum atomic E-state index is 12.9. The predicted molar refractivity (Wildman–Crippen MR) is 91.9 cm³/mol. The van der Waals surface area contributed by atoms with Crippen LogP contribution in [0.15, 0.2) is 34.9 Å². The quantitative estimate of drug-likeness (QED) is 0.781. The smallest absolute Gasteiger partial charge is 0.220 e. The number of carbonyl (C=O) groups excluding carboxylic acids is 1. The average Bonchev–Trinajstić information content (AvgIpc) is 3.00. The van der Waals surface area contributed by atoms with Crippen molar-refractivity contribution in [2.45, 2.75) is 52.5 Å². The Bertz CT molecular complexity index is 650. The summed E-state index contributed by atoms with van der Waals surface area (Å²) in [4.78, 5) is 16.1. The first kappa shape index (κ1) is 18.2. The molecule has 1 unspecified atom stereocenters. The summed E-state index contributed by atoms with van der Waals surface area (Å²) in [5.41, 5.74) is 0.766. The van der Waals surface area contributed by atoms with Crippen LogP contribution >= 0.6 is 0 Å².